The number of benzene rings is 1. The van der Waals surface area contributed by atoms with Gasteiger partial charge >= 0.3 is 0 Å². The van der Waals surface area contributed by atoms with Gasteiger partial charge in [-0.3, -0.25) is 4.79 Å². The molecule has 3 rings (SSSR count). The zero-order valence-corrected chi connectivity index (χ0v) is 18.3. The van der Waals surface area contributed by atoms with Crippen LogP contribution in [0.4, 0.5) is 10.8 Å². The molecule has 0 saturated carbocycles. The van der Waals surface area contributed by atoms with E-state index in [2.05, 4.69) is 16.8 Å². The van der Waals surface area contributed by atoms with Crippen molar-refractivity contribution in [2.45, 2.75) is 13.3 Å². The number of piperazine rings is 1. The average Bonchev–Trinajstić information content (AvgIpc) is 3.12. The predicted octanol–water partition coefficient (Wildman–Crippen LogP) is 3.76. The number of rotatable bonds is 4. The molecule has 0 radical (unpaired) electrons. The Kier molecular flexibility index (Phi) is 8.94. The van der Waals surface area contributed by atoms with E-state index < -0.39 is 0 Å². The summed E-state index contributed by atoms with van der Waals surface area (Å²) >= 11 is 7.79. The van der Waals surface area contributed by atoms with Gasteiger partial charge in [-0.2, -0.15) is 0 Å². The molecule has 1 fully saturated rings. The molecule has 1 aromatic carbocycles. The van der Waals surface area contributed by atoms with Gasteiger partial charge in [0.15, 0.2) is 5.13 Å². The highest BCUT2D eigenvalue weighted by Crippen LogP contribution is 2.30. The zero-order valence-electron chi connectivity index (χ0n) is 15.1. The molecule has 0 spiro atoms. The number of methoxy groups -OCH3 is 1. The van der Waals surface area contributed by atoms with Crippen LogP contribution in [0.1, 0.15) is 22.2 Å². The molecule has 2 N–H and O–H groups in total. The number of nitrogens with two attached hydrogens (primary N) is 1. The van der Waals surface area contributed by atoms with Crippen molar-refractivity contribution >= 4 is 64.5 Å². The van der Waals surface area contributed by atoms with E-state index in [4.69, 9.17) is 22.1 Å². The number of thiazole rings is 1. The quantitative estimate of drug-likeness (QED) is 0.714. The molecular weight excluding hydrogens is 431 g/mol. The molecule has 1 aliphatic heterocycles. The van der Waals surface area contributed by atoms with Crippen LogP contribution in [-0.4, -0.2) is 49.1 Å². The smallest absolute Gasteiger partial charge is 0.257 e. The first-order chi connectivity index (χ1) is 12.0. The van der Waals surface area contributed by atoms with E-state index >= 15 is 0 Å². The van der Waals surface area contributed by atoms with Crippen LogP contribution >= 0.6 is 47.8 Å². The van der Waals surface area contributed by atoms with Crippen molar-refractivity contribution in [3.8, 4) is 5.75 Å². The van der Waals surface area contributed by atoms with E-state index in [1.807, 2.05) is 11.1 Å². The number of carbonyl (C=O) groups excluding carboxylic acids is 1. The lowest BCUT2D eigenvalue weighted by molar-refractivity contribution is 0.0743. The minimum Gasteiger partial charge on any atom is -0.496 e. The molecule has 0 bridgehead atoms. The Balaban J connectivity index is 0.00000182. The molecule has 1 aromatic heterocycles. The number of ether oxygens (including phenoxy) is 1. The predicted molar refractivity (Wildman–Crippen MR) is 117 cm³/mol. The van der Waals surface area contributed by atoms with Gasteiger partial charge in [-0.15, -0.1) is 36.2 Å². The third-order valence-corrected chi connectivity index (χ3v) is 5.81. The molecule has 1 aliphatic rings. The first kappa shape index (κ1) is 23.6. The van der Waals surface area contributed by atoms with Crippen LogP contribution in [-0.2, 0) is 6.42 Å². The van der Waals surface area contributed by atoms with E-state index in [0.29, 0.717) is 35.1 Å². The largest absolute Gasteiger partial charge is 0.496 e. The third-order valence-electron chi connectivity index (χ3n) is 4.28. The maximum atomic E-state index is 12.9. The fourth-order valence-corrected chi connectivity index (χ4v) is 3.85. The lowest BCUT2D eigenvalue weighted by atomic mass is 10.1. The molecule has 0 atom stereocenters. The molecule has 0 unspecified atom stereocenters. The first-order valence-corrected chi connectivity index (χ1v) is 9.34. The van der Waals surface area contributed by atoms with Gasteiger partial charge in [0.2, 0.25) is 0 Å². The van der Waals surface area contributed by atoms with Crippen LogP contribution in [0, 0.1) is 0 Å². The summed E-state index contributed by atoms with van der Waals surface area (Å²) in [5, 5.41) is 1.38. The number of hydrogen-bond donors (Lipinski definition) is 1. The number of nitrogen functional groups attached to an aromatic ring is 1. The number of amides is 1. The number of aryl methyl sites for hydroxylation is 1. The summed E-state index contributed by atoms with van der Waals surface area (Å²) in [6, 6.07) is 3.17. The van der Waals surface area contributed by atoms with Crippen LogP contribution < -0.4 is 15.4 Å². The van der Waals surface area contributed by atoms with E-state index in [0.717, 1.165) is 24.6 Å². The summed E-state index contributed by atoms with van der Waals surface area (Å²) in [5.41, 5.74) is 6.63. The van der Waals surface area contributed by atoms with Gasteiger partial charge in [0.25, 0.3) is 5.91 Å². The van der Waals surface area contributed by atoms with E-state index in [9.17, 15) is 4.79 Å². The number of halogens is 3. The van der Waals surface area contributed by atoms with E-state index in [-0.39, 0.29) is 30.7 Å². The zero-order chi connectivity index (χ0) is 18.0. The summed E-state index contributed by atoms with van der Waals surface area (Å²) in [5.74, 6) is 0.355. The third kappa shape index (κ3) is 5.10. The van der Waals surface area contributed by atoms with Crippen molar-refractivity contribution in [1.29, 1.82) is 0 Å². The summed E-state index contributed by atoms with van der Waals surface area (Å²) < 4.78 is 5.29. The molecule has 150 valence electrons. The second-order valence-corrected chi connectivity index (χ2v) is 7.32. The van der Waals surface area contributed by atoms with Crippen LogP contribution in [0.2, 0.25) is 5.02 Å². The number of carbonyl (C=O) groups is 1. The number of anilines is 2. The summed E-state index contributed by atoms with van der Waals surface area (Å²) in [6.45, 7) is 4.90. The maximum Gasteiger partial charge on any atom is 0.257 e. The second-order valence-electron chi connectivity index (χ2n) is 5.82. The van der Waals surface area contributed by atoms with Gasteiger partial charge in [-0.25, -0.2) is 4.98 Å². The van der Waals surface area contributed by atoms with Gasteiger partial charge in [0.1, 0.15) is 5.75 Å². The van der Waals surface area contributed by atoms with Crippen molar-refractivity contribution in [1.82, 2.24) is 9.88 Å². The number of nitrogens with zero attached hydrogens (tertiary/aromatic N) is 3. The summed E-state index contributed by atoms with van der Waals surface area (Å²) in [6.07, 6.45) is 2.92. The molecule has 1 saturated heterocycles. The van der Waals surface area contributed by atoms with Crippen LogP contribution in [0.5, 0.6) is 5.75 Å². The molecule has 2 heterocycles. The second kappa shape index (κ2) is 10.2. The van der Waals surface area contributed by atoms with Crippen molar-refractivity contribution in [2.75, 3.05) is 43.9 Å². The van der Waals surface area contributed by atoms with Crippen molar-refractivity contribution in [2.24, 2.45) is 0 Å². The fraction of sp³-hybridized carbons (Fsp3) is 0.412. The molecule has 6 nitrogen and oxygen atoms in total. The highest BCUT2D eigenvalue weighted by Gasteiger charge is 2.26. The molecule has 0 aliphatic carbocycles. The van der Waals surface area contributed by atoms with E-state index in [1.54, 1.807) is 23.5 Å². The minimum absolute atomic E-state index is 0. The van der Waals surface area contributed by atoms with Gasteiger partial charge in [0, 0.05) is 43.3 Å². The van der Waals surface area contributed by atoms with Gasteiger partial charge < -0.3 is 20.3 Å². The molecule has 27 heavy (non-hydrogen) atoms. The standard InChI is InChI=1S/C17H21ClN4O2S.2ClH/c1-3-11-10-20-17(25-11)22-6-4-21(5-7-22)16(23)12-8-13(18)14(19)9-15(12)24-2;;/h8-10H,3-7,19H2,1-2H3;2*1H. The lowest BCUT2D eigenvalue weighted by Gasteiger charge is -2.34. The lowest BCUT2D eigenvalue weighted by Crippen LogP contribution is -2.48. The van der Waals surface area contributed by atoms with E-state index in [1.165, 1.54) is 12.0 Å². The van der Waals surface area contributed by atoms with Crippen molar-refractivity contribution < 1.29 is 9.53 Å². The topological polar surface area (TPSA) is 71.7 Å². The Hall–Kier alpha value is -1.41. The minimum atomic E-state index is -0.0909. The fourth-order valence-electron chi connectivity index (χ4n) is 2.78. The Morgan fingerprint density at radius 1 is 1.30 bits per heavy atom. The van der Waals surface area contributed by atoms with Crippen molar-refractivity contribution in [3.05, 3.63) is 33.8 Å². The van der Waals surface area contributed by atoms with Crippen LogP contribution in [0.3, 0.4) is 0 Å². The molecule has 1 amide bonds. The summed E-state index contributed by atoms with van der Waals surface area (Å²) in [7, 11) is 1.52. The monoisotopic (exact) mass is 452 g/mol. The normalized spacial score (nSPS) is 13.6. The summed E-state index contributed by atoms with van der Waals surface area (Å²) in [4.78, 5) is 22.6. The Labute approximate surface area is 180 Å². The Morgan fingerprint density at radius 3 is 2.52 bits per heavy atom. The van der Waals surface area contributed by atoms with Crippen LogP contribution in [0.15, 0.2) is 18.3 Å². The molecule has 2 aromatic rings. The number of aromatic nitrogens is 1. The molecule has 10 heteroatoms. The van der Waals surface area contributed by atoms with Crippen molar-refractivity contribution in [3.63, 3.8) is 0 Å². The maximum absolute atomic E-state index is 12.9. The van der Waals surface area contributed by atoms with Gasteiger partial charge in [-0.1, -0.05) is 18.5 Å². The Bertz CT molecular complexity index is 780. The number of hydrogen-bond acceptors (Lipinski definition) is 6. The van der Waals surface area contributed by atoms with Crippen LogP contribution in [0.25, 0.3) is 0 Å². The average molecular weight is 454 g/mol. The first-order valence-electron chi connectivity index (χ1n) is 8.15. The van der Waals surface area contributed by atoms with Gasteiger partial charge in [0.05, 0.1) is 23.4 Å². The molecular formula is C17H23Cl3N4O2S. The SMILES string of the molecule is CCc1cnc(N2CCN(C(=O)c3cc(Cl)c(N)cc3OC)CC2)s1.Cl.Cl. The Morgan fingerprint density at radius 2 is 1.96 bits per heavy atom. The highest BCUT2D eigenvalue weighted by molar-refractivity contribution is 7.15. The van der Waals surface area contributed by atoms with Gasteiger partial charge in [-0.05, 0) is 12.5 Å². The highest BCUT2D eigenvalue weighted by atomic mass is 35.5.